The number of benzene rings is 1. The molecule has 1 aliphatic heterocycles. The van der Waals surface area contributed by atoms with Gasteiger partial charge in [-0.3, -0.25) is 0 Å². The number of ether oxygens (including phenoxy) is 3. The fraction of sp³-hybridized carbons (Fsp3) is 0.538. The maximum Gasteiger partial charge on any atom is 0.170 e. The van der Waals surface area contributed by atoms with E-state index in [-0.39, 0.29) is 17.2 Å². The van der Waals surface area contributed by atoms with Crippen LogP contribution in [0.2, 0.25) is 0 Å². The maximum absolute atomic E-state index is 5.67. The van der Waals surface area contributed by atoms with Crippen molar-refractivity contribution in [3.05, 3.63) is 35.9 Å². The second kappa shape index (κ2) is 6.50. The largest absolute Gasteiger partial charge is 0.374 e. The van der Waals surface area contributed by atoms with Gasteiger partial charge in [0.1, 0.15) is 6.10 Å². The van der Waals surface area contributed by atoms with Crippen LogP contribution in [0.4, 0.5) is 0 Å². The van der Waals surface area contributed by atoms with Gasteiger partial charge in [-0.05, 0) is 12.5 Å². The van der Waals surface area contributed by atoms with Crippen LogP contribution in [-0.4, -0.2) is 30.4 Å². The summed E-state index contributed by atoms with van der Waals surface area (Å²) in [5.74, 6) is 0. The van der Waals surface area contributed by atoms with Crippen molar-refractivity contribution in [1.29, 1.82) is 0 Å². The molecule has 1 aromatic rings. The van der Waals surface area contributed by atoms with Crippen LogP contribution >= 0.6 is 15.9 Å². The molecule has 1 unspecified atom stereocenters. The monoisotopic (exact) mass is 300 g/mol. The van der Waals surface area contributed by atoms with Crippen LogP contribution in [0.15, 0.2) is 30.3 Å². The Kier molecular flexibility index (Phi) is 4.98. The molecule has 0 N–H and O–H groups in total. The van der Waals surface area contributed by atoms with E-state index in [1.165, 1.54) is 5.56 Å². The Morgan fingerprint density at radius 1 is 1.41 bits per heavy atom. The molecule has 0 saturated carbocycles. The second-order valence-electron chi connectivity index (χ2n) is 4.14. The molecule has 4 heteroatoms. The highest BCUT2D eigenvalue weighted by molar-refractivity contribution is 9.09. The molecule has 0 aliphatic carbocycles. The molecule has 0 amide bonds. The van der Waals surface area contributed by atoms with Crippen LogP contribution in [-0.2, 0) is 20.8 Å². The first-order valence-electron chi connectivity index (χ1n) is 5.78. The third-order valence-corrected chi connectivity index (χ3v) is 2.99. The smallest absolute Gasteiger partial charge is 0.170 e. The van der Waals surface area contributed by atoms with Gasteiger partial charge in [0.25, 0.3) is 0 Å². The van der Waals surface area contributed by atoms with Crippen molar-refractivity contribution in [3.63, 3.8) is 0 Å². The Hall–Kier alpha value is -0.420. The maximum atomic E-state index is 5.67. The van der Waals surface area contributed by atoms with Crippen molar-refractivity contribution < 1.29 is 14.2 Å². The molecule has 0 spiro atoms. The lowest BCUT2D eigenvalue weighted by Gasteiger charge is -2.13. The highest BCUT2D eigenvalue weighted by Crippen LogP contribution is 2.19. The van der Waals surface area contributed by atoms with Crippen molar-refractivity contribution in [3.8, 4) is 0 Å². The number of hydrogen-bond acceptors (Lipinski definition) is 3. The molecular formula is C13H17BrO3. The molecule has 0 aromatic heterocycles. The van der Waals surface area contributed by atoms with Crippen LogP contribution in [0.1, 0.15) is 12.5 Å². The summed E-state index contributed by atoms with van der Waals surface area (Å²) in [7, 11) is 0. The lowest BCUT2D eigenvalue weighted by molar-refractivity contribution is -0.0688. The molecule has 1 aliphatic rings. The topological polar surface area (TPSA) is 27.7 Å². The Bertz CT molecular complexity index is 329. The molecule has 1 heterocycles. The molecule has 0 radical (unpaired) electrons. The highest BCUT2D eigenvalue weighted by Gasteiger charge is 2.29. The lowest BCUT2D eigenvalue weighted by atomic mass is 10.2. The standard InChI is InChI=1S/C13H17BrO3/c1-10(14)13-16-9-12(17-13)8-15-7-11-5-3-2-4-6-11/h2-6,10,12-13H,7-9H2,1H3/t10?,12-,13-/m0/s1. The van der Waals surface area contributed by atoms with Crippen LogP contribution in [0.25, 0.3) is 0 Å². The van der Waals surface area contributed by atoms with Crippen molar-refractivity contribution in [2.24, 2.45) is 0 Å². The summed E-state index contributed by atoms with van der Waals surface area (Å²) in [6.07, 6.45) is -0.107. The minimum absolute atomic E-state index is 0.0451. The Morgan fingerprint density at radius 3 is 2.82 bits per heavy atom. The first-order valence-corrected chi connectivity index (χ1v) is 6.70. The summed E-state index contributed by atoms with van der Waals surface area (Å²) in [6.45, 7) is 3.81. The zero-order valence-corrected chi connectivity index (χ0v) is 11.4. The number of halogens is 1. The van der Waals surface area contributed by atoms with Gasteiger partial charge in [-0.2, -0.15) is 0 Å². The first kappa shape index (κ1) is 13.0. The Morgan fingerprint density at radius 2 is 2.18 bits per heavy atom. The zero-order chi connectivity index (χ0) is 12.1. The van der Waals surface area contributed by atoms with Crippen molar-refractivity contribution >= 4 is 15.9 Å². The van der Waals surface area contributed by atoms with E-state index in [9.17, 15) is 0 Å². The van der Waals surface area contributed by atoms with Gasteiger partial charge in [-0.15, -0.1) is 0 Å². The van der Waals surface area contributed by atoms with E-state index in [1.54, 1.807) is 0 Å². The van der Waals surface area contributed by atoms with Crippen LogP contribution in [0, 0.1) is 0 Å². The predicted molar refractivity (Wildman–Crippen MR) is 69.1 cm³/mol. The summed E-state index contributed by atoms with van der Waals surface area (Å²) < 4.78 is 16.8. The van der Waals surface area contributed by atoms with Gasteiger partial charge >= 0.3 is 0 Å². The lowest BCUT2D eigenvalue weighted by Crippen LogP contribution is -2.22. The van der Waals surface area contributed by atoms with Gasteiger partial charge in [0.15, 0.2) is 6.29 Å². The molecule has 3 nitrogen and oxygen atoms in total. The predicted octanol–water partition coefficient (Wildman–Crippen LogP) is 2.73. The summed E-state index contributed by atoms with van der Waals surface area (Å²) in [6, 6.07) is 10.1. The molecular weight excluding hydrogens is 284 g/mol. The van der Waals surface area contributed by atoms with Gasteiger partial charge in [0.2, 0.25) is 0 Å². The number of rotatable bonds is 5. The van der Waals surface area contributed by atoms with Crippen molar-refractivity contribution in [2.75, 3.05) is 13.2 Å². The highest BCUT2D eigenvalue weighted by atomic mass is 79.9. The van der Waals surface area contributed by atoms with Crippen LogP contribution in [0.5, 0.6) is 0 Å². The molecule has 3 atom stereocenters. The summed E-state index contributed by atoms with van der Waals surface area (Å²) in [5.41, 5.74) is 1.18. The quantitative estimate of drug-likeness (QED) is 0.783. The van der Waals surface area contributed by atoms with Gasteiger partial charge in [-0.1, -0.05) is 46.3 Å². The number of alkyl halides is 1. The minimum atomic E-state index is -0.152. The van der Waals surface area contributed by atoms with Crippen LogP contribution in [0.3, 0.4) is 0 Å². The van der Waals surface area contributed by atoms with Gasteiger partial charge in [-0.25, -0.2) is 0 Å². The Balaban J connectivity index is 1.67. The number of hydrogen-bond donors (Lipinski definition) is 0. The summed E-state index contributed by atoms with van der Waals surface area (Å²) in [5, 5.41) is 0. The van der Waals surface area contributed by atoms with Gasteiger partial charge < -0.3 is 14.2 Å². The molecule has 1 saturated heterocycles. The molecule has 2 rings (SSSR count). The van der Waals surface area contributed by atoms with Crippen molar-refractivity contribution in [1.82, 2.24) is 0 Å². The van der Waals surface area contributed by atoms with Crippen LogP contribution < -0.4 is 0 Å². The van der Waals surface area contributed by atoms with Gasteiger partial charge in [0.05, 0.1) is 24.6 Å². The van der Waals surface area contributed by atoms with E-state index in [1.807, 2.05) is 25.1 Å². The SMILES string of the molecule is CC(Br)[C@H]1OC[C@H](COCc2ccccc2)O1. The third kappa shape index (κ3) is 4.07. The fourth-order valence-corrected chi connectivity index (χ4v) is 1.96. The van der Waals surface area contributed by atoms with E-state index < -0.39 is 0 Å². The molecule has 1 fully saturated rings. The molecule has 94 valence electrons. The second-order valence-corrected chi connectivity index (χ2v) is 5.58. The molecule has 17 heavy (non-hydrogen) atoms. The van der Waals surface area contributed by atoms with E-state index in [4.69, 9.17) is 14.2 Å². The van der Waals surface area contributed by atoms with Crippen molar-refractivity contribution in [2.45, 2.75) is 30.8 Å². The van der Waals surface area contributed by atoms with E-state index in [0.29, 0.717) is 19.8 Å². The average molecular weight is 301 g/mol. The average Bonchev–Trinajstić information content (AvgIpc) is 2.79. The molecule has 0 bridgehead atoms. The van der Waals surface area contributed by atoms with E-state index >= 15 is 0 Å². The van der Waals surface area contributed by atoms with E-state index in [2.05, 4.69) is 28.1 Å². The fourth-order valence-electron chi connectivity index (χ4n) is 1.68. The summed E-state index contributed by atoms with van der Waals surface area (Å²) in [4.78, 5) is 0.210. The molecule has 1 aromatic carbocycles. The normalized spacial score (nSPS) is 26.0. The van der Waals surface area contributed by atoms with Gasteiger partial charge in [0, 0.05) is 0 Å². The minimum Gasteiger partial charge on any atom is -0.374 e. The summed E-state index contributed by atoms with van der Waals surface area (Å²) >= 11 is 3.44. The first-order chi connectivity index (χ1) is 8.25. The third-order valence-electron chi connectivity index (χ3n) is 2.56. The van der Waals surface area contributed by atoms with E-state index in [0.717, 1.165) is 0 Å². The zero-order valence-electron chi connectivity index (χ0n) is 9.84. The Labute approximate surface area is 110 Å².